The summed E-state index contributed by atoms with van der Waals surface area (Å²) < 4.78 is 13.5. The molecule has 0 saturated carbocycles. The van der Waals surface area contributed by atoms with Gasteiger partial charge in [-0.2, -0.15) is 0 Å². The first-order valence-electron chi connectivity index (χ1n) is 16.8. The molecule has 0 radical (unpaired) electrons. The molecule has 3 N–H and O–H groups in total. The Morgan fingerprint density at radius 2 is 1.15 bits per heavy atom. The molecule has 4 aromatic heterocycles. The van der Waals surface area contributed by atoms with Crippen LogP contribution in [-0.4, -0.2) is 64.7 Å². The van der Waals surface area contributed by atoms with Crippen LogP contribution in [0, 0.1) is 0 Å². The van der Waals surface area contributed by atoms with E-state index in [1.54, 1.807) is 59.0 Å². The van der Waals surface area contributed by atoms with Crippen LogP contribution in [0.4, 0.5) is 0 Å². The van der Waals surface area contributed by atoms with E-state index < -0.39 is 0 Å². The average molecular weight is 723 g/mol. The predicted molar refractivity (Wildman–Crippen MR) is 203 cm³/mol. The van der Waals surface area contributed by atoms with Gasteiger partial charge in [-0.25, -0.2) is 29.5 Å². The molecule has 14 heteroatoms. The number of aromatic nitrogens is 8. The number of carbonyl (C=O) groups excluding carboxylic acids is 1. The van der Waals surface area contributed by atoms with Crippen LogP contribution in [0.2, 0.25) is 0 Å². The summed E-state index contributed by atoms with van der Waals surface area (Å²) >= 11 is 0. The molecule has 0 aliphatic heterocycles. The van der Waals surface area contributed by atoms with E-state index in [4.69, 9.17) is 9.47 Å². The van der Waals surface area contributed by atoms with Crippen LogP contribution < -0.4 is 20.9 Å². The summed E-state index contributed by atoms with van der Waals surface area (Å²) in [4.78, 5) is 59.3. The summed E-state index contributed by atoms with van der Waals surface area (Å²) in [6.45, 7) is 0.651. The van der Waals surface area contributed by atoms with Crippen molar-refractivity contribution in [3.8, 4) is 34.0 Å². The second-order valence-corrected chi connectivity index (χ2v) is 12.1. The molecule has 8 rings (SSSR count). The monoisotopic (exact) mass is 722 g/mol. The Labute approximate surface area is 307 Å². The van der Waals surface area contributed by atoms with Crippen molar-refractivity contribution >= 4 is 28.9 Å². The number of nitrogens with one attached hydrogen (secondary N) is 2. The number of H-pyrrole nitrogens is 2. The third-order valence-corrected chi connectivity index (χ3v) is 8.73. The fourth-order valence-electron chi connectivity index (χ4n) is 5.99. The number of carbonyl (C=O) groups is 1. The van der Waals surface area contributed by atoms with Crippen molar-refractivity contribution in [2.24, 2.45) is 0 Å². The van der Waals surface area contributed by atoms with Crippen molar-refractivity contribution in [3.63, 3.8) is 0 Å². The van der Waals surface area contributed by atoms with Gasteiger partial charge >= 0.3 is 11.4 Å². The molecule has 0 fully saturated rings. The Balaban J connectivity index is 0.000000167. The molecule has 54 heavy (non-hydrogen) atoms. The molecule has 4 aromatic carbocycles. The quantitative estimate of drug-likeness (QED) is 0.163. The van der Waals surface area contributed by atoms with E-state index in [1.807, 2.05) is 66.7 Å². The standard InChI is InChI=1S/C20H18N4O3.C20H16N4O3/c2*1-27-17-8-7-14(9-15(17)12-25)16-10-21-18-19(22-16)24(20(26)23-18)11-13-5-3-2-4-6-13/h2-10,25H,11-12H2,1H3,(H,21,23,26);2-10,12H,11H2,1H3,(H,21,23,26). The Hall–Kier alpha value is -7.19. The lowest BCUT2D eigenvalue weighted by atomic mass is 10.1. The molecule has 0 aliphatic rings. The maximum atomic E-state index is 12.4. The van der Waals surface area contributed by atoms with Crippen molar-refractivity contribution < 1.29 is 19.4 Å². The van der Waals surface area contributed by atoms with Gasteiger partial charge in [-0.05, 0) is 47.5 Å². The number of aliphatic hydroxyl groups is 1. The van der Waals surface area contributed by atoms with Crippen molar-refractivity contribution in [3.05, 3.63) is 153 Å². The summed E-state index contributed by atoms with van der Waals surface area (Å²) in [5.74, 6) is 1.10. The van der Waals surface area contributed by atoms with Crippen molar-refractivity contribution in [2.75, 3.05) is 14.2 Å². The van der Waals surface area contributed by atoms with Crippen LogP contribution in [-0.2, 0) is 19.7 Å². The van der Waals surface area contributed by atoms with Crippen LogP contribution in [0.1, 0.15) is 27.0 Å². The number of aldehydes is 1. The van der Waals surface area contributed by atoms with Crippen LogP contribution in [0.25, 0.3) is 45.1 Å². The Kier molecular flexibility index (Phi) is 10.2. The fraction of sp³-hybridized carbons (Fsp3) is 0.125. The number of fused-ring (bicyclic) bond motifs is 2. The lowest BCUT2D eigenvalue weighted by Crippen LogP contribution is -2.17. The summed E-state index contributed by atoms with van der Waals surface area (Å²) in [5, 5.41) is 9.54. The molecule has 0 spiro atoms. The van der Waals surface area contributed by atoms with Crippen molar-refractivity contribution in [2.45, 2.75) is 19.7 Å². The van der Waals surface area contributed by atoms with E-state index in [2.05, 4.69) is 29.9 Å². The molecule has 14 nitrogen and oxygen atoms in total. The maximum Gasteiger partial charge on any atom is 0.329 e. The Morgan fingerprint density at radius 3 is 1.61 bits per heavy atom. The number of ether oxygens (including phenoxy) is 2. The van der Waals surface area contributed by atoms with Gasteiger partial charge in [0.1, 0.15) is 11.5 Å². The number of aromatic amines is 2. The van der Waals surface area contributed by atoms with E-state index in [0.29, 0.717) is 75.3 Å². The van der Waals surface area contributed by atoms with Gasteiger partial charge in [0.15, 0.2) is 28.9 Å². The zero-order chi connectivity index (χ0) is 37.6. The summed E-state index contributed by atoms with van der Waals surface area (Å²) in [6.07, 6.45) is 3.91. The maximum absolute atomic E-state index is 12.4. The van der Waals surface area contributed by atoms with Crippen molar-refractivity contribution in [1.82, 2.24) is 39.0 Å². The molecule has 0 saturated heterocycles. The lowest BCUT2D eigenvalue weighted by molar-refractivity contribution is 0.112. The highest BCUT2D eigenvalue weighted by Gasteiger charge is 2.15. The molecular formula is C40H34N8O6. The number of aliphatic hydroxyl groups excluding tert-OH is 1. The highest BCUT2D eigenvalue weighted by molar-refractivity contribution is 5.83. The van der Waals surface area contributed by atoms with Crippen molar-refractivity contribution in [1.29, 1.82) is 0 Å². The first-order chi connectivity index (χ1) is 26.4. The van der Waals surface area contributed by atoms with Crippen LogP contribution in [0.5, 0.6) is 11.5 Å². The average Bonchev–Trinajstić information content (AvgIpc) is 3.70. The van der Waals surface area contributed by atoms with E-state index in [-0.39, 0.29) is 18.0 Å². The number of benzene rings is 4. The minimum Gasteiger partial charge on any atom is -0.496 e. The smallest absolute Gasteiger partial charge is 0.329 e. The molecule has 0 bridgehead atoms. The van der Waals surface area contributed by atoms with Gasteiger partial charge in [-0.15, -0.1) is 0 Å². The fourth-order valence-corrected chi connectivity index (χ4v) is 5.99. The van der Waals surface area contributed by atoms with E-state index in [1.165, 1.54) is 7.11 Å². The lowest BCUT2D eigenvalue weighted by Gasteiger charge is -2.09. The van der Waals surface area contributed by atoms with Crippen LogP contribution in [0.15, 0.2) is 119 Å². The number of hydrogen-bond acceptors (Lipinski definition) is 10. The van der Waals surface area contributed by atoms with Gasteiger partial charge < -0.3 is 14.6 Å². The largest absolute Gasteiger partial charge is 0.496 e. The van der Waals surface area contributed by atoms with E-state index in [9.17, 15) is 19.5 Å². The van der Waals surface area contributed by atoms with Gasteiger partial charge in [0.05, 0.1) is 63.3 Å². The SMILES string of the molecule is COc1ccc(-c2cnc3[nH]c(=O)n(Cc4ccccc4)c3n2)cc1C=O.COc1ccc(-c2cnc3[nH]c(=O)n(Cc4ccccc4)c3n2)cc1CO. The topological polar surface area (TPSA) is 183 Å². The summed E-state index contributed by atoms with van der Waals surface area (Å²) in [6, 6.07) is 30.0. The zero-order valence-electron chi connectivity index (χ0n) is 29.3. The third kappa shape index (κ3) is 7.26. The van der Waals surface area contributed by atoms with E-state index in [0.717, 1.165) is 23.0 Å². The van der Waals surface area contributed by atoms with Crippen LogP contribution in [0.3, 0.4) is 0 Å². The molecule has 8 aromatic rings. The molecule has 0 aliphatic carbocycles. The number of nitrogens with zero attached hydrogens (tertiary/aromatic N) is 6. The second-order valence-electron chi connectivity index (χ2n) is 12.1. The Morgan fingerprint density at radius 1 is 0.667 bits per heavy atom. The first kappa shape index (κ1) is 35.2. The predicted octanol–water partition coefficient (Wildman–Crippen LogP) is 4.99. The molecule has 0 atom stereocenters. The van der Waals surface area contributed by atoms with Gasteiger partial charge in [0.2, 0.25) is 0 Å². The van der Waals surface area contributed by atoms with Crippen LogP contribution >= 0.6 is 0 Å². The summed E-state index contributed by atoms with van der Waals surface area (Å²) in [5.41, 5.74) is 7.04. The second kappa shape index (κ2) is 15.6. The molecule has 0 amide bonds. The van der Waals surface area contributed by atoms with Gasteiger partial charge in [0.25, 0.3) is 0 Å². The number of hydrogen-bond donors (Lipinski definition) is 3. The van der Waals surface area contributed by atoms with E-state index >= 15 is 0 Å². The first-order valence-corrected chi connectivity index (χ1v) is 16.8. The minimum atomic E-state index is -0.269. The number of imidazole rings is 2. The number of methoxy groups -OCH3 is 2. The zero-order valence-corrected chi connectivity index (χ0v) is 29.3. The highest BCUT2D eigenvalue weighted by atomic mass is 16.5. The molecule has 4 heterocycles. The third-order valence-electron chi connectivity index (χ3n) is 8.73. The molecular weight excluding hydrogens is 688 g/mol. The van der Waals surface area contributed by atoms with Gasteiger partial charge in [-0.3, -0.25) is 23.9 Å². The normalized spacial score (nSPS) is 10.9. The Bertz CT molecular complexity index is 2700. The summed E-state index contributed by atoms with van der Waals surface area (Å²) in [7, 11) is 3.07. The van der Waals surface area contributed by atoms with Gasteiger partial charge in [-0.1, -0.05) is 60.7 Å². The minimum absolute atomic E-state index is 0.143. The number of rotatable bonds is 10. The molecule has 270 valence electrons. The molecule has 0 unspecified atom stereocenters. The van der Waals surface area contributed by atoms with Gasteiger partial charge in [0, 0.05) is 16.7 Å². The highest BCUT2D eigenvalue weighted by Crippen LogP contribution is 2.27.